The van der Waals surface area contributed by atoms with Crippen LogP contribution in [0, 0.1) is 5.92 Å². The molecule has 1 atom stereocenters. The van der Waals surface area contributed by atoms with Crippen molar-refractivity contribution in [3.05, 3.63) is 17.9 Å². The lowest BCUT2D eigenvalue weighted by Gasteiger charge is -2.06. The lowest BCUT2D eigenvalue weighted by molar-refractivity contribution is -0.140. The fraction of sp³-hybridized carbons (Fsp3) is 0.400. The second-order valence-corrected chi connectivity index (χ2v) is 5.79. The Balaban J connectivity index is 2.69. The summed E-state index contributed by atoms with van der Waals surface area (Å²) in [5, 5.41) is 10.7. The number of aliphatic carboxylic acids is 1. The first-order valence-electron chi connectivity index (χ1n) is 5.02. The van der Waals surface area contributed by atoms with Crippen molar-refractivity contribution >= 4 is 21.7 Å². The maximum atomic E-state index is 11.5. The highest BCUT2D eigenvalue weighted by molar-refractivity contribution is 7.90. The Morgan fingerprint density at radius 1 is 1.44 bits per heavy atom. The SMILES string of the molecule is CC(CNC(=O)c1ccc(S(C)(=O)=O)o1)C(=O)O. The highest BCUT2D eigenvalue weighted by Crippen LogP contribution is 2.13. The minimum absolute atomic E-state index is 0.0664. The minimum Gasteiger partial charge on any atom is -0.481 e. The van der Waals surface area contributed by atoms with Crippen LogP contribution in [-0.2, 0) is 14.6 Å². The Morgan fingerprint density at radius 3 is 2.50 bits per heavy atom. The van der Waals surface area contributed by atoms with Gasteiger partial charge in [0.15, 0.2) is 5.76 Å². The van der Waals surface area contributed by atoms with Gasteiger partial charge in [-0.2, -0.15) is 0 Å². The number of amides is 1. The quantitative estimate of drug-likeness (QED) is 0.789. The van der Waals surface area contributed by atoms with Crippen molar-refractivity contribution in [3.63, 3.8) is 0 Å². The van der Waals surface area contributed by atoms with E-state index in [0.717, 1.165) is 6.26 Å². The third kappa shape index (κ3) is 3.59. The zero-order valence-corrected chi connectivity index (χ0v) is 10.7. The normalized spacial score (nSPS) is 13.0. The van der Waals surface area contributed by atoms with Crippen LogP contribution in [-0.4, -0.2) is 38.2 Å². The summed E-state index contributed by atoms with van der Waals surface area (Å²) in [5.74, 6) is -2.60. The van der Waals surface area contributed by atoms with Crippen LogP contribution in [0.3, 0.4) is 0 Å². The van der Waals surface area contributed by atoms with Crippen molar-refractivity contribution in [2.24, 2.45) is 5.92 Å². The molecule has 0 fully saturated rings. The number of carboxylic acid groups (broad SMARTS) is 1. The van der Waals surface area contributed by atoms with E-state index in [0.29, 0.717) is 0 Å². The molecule has 7 nitrogen and oxygen atoms in total. The number of nitrogens with one attached hydrogen (secondary N) is 1. The molecule has 1 aromatic rings. The van der Waals surface area contributed by atoms with E-state index < -0.39 is 27.6 Å². The third-order valence-electron chi connectivity index (χ3n) is 2.16. The fourth-order valence-electron chi connectivity index (χ4n) is 1.06. The van der Waals surface area contributed by atoms with Crippen LogP contribution in [0.4, 0.5) is 0 Å². The first-order valence-corrected chi connectivity index (χ1v) is 6.92. The van der Waals surface area contributed by atoms with Crippen LogP contribution in [0.2, 0.25) is 0 Å². The highest BCUT2D eigenvalue weighted by Gasteiger charge is 2.18. The van der Waals surface area contributed by atoms with Gasteiger partial charge in [0.05, 0.1) is 5.92 Å². The average molecular weight is 275 g/mol. The van der Waals surface area contributed by atoms with Gasteiger partial charge in [-0.3, -0.25) is 9.59 Å². The first kappa shape index (κ1) is 14.2. The van der Waals surface area contributed by atoms with Gasteiger partial charge in [-0.15, -0.1) is 0 Å². The van der Waals surface area contributed by atoms with E-state index in [1.165, 1.54) is 19.1 Å². The molecule has 0 aliphatic carbocycles. The van der Waals surface area contributed by atoms with Gasteiger partial charge in [-0.05, 0) is 12.1 Å². The Hall–Kier alpha value is -1.83. The predicted octanol–water partition coefficient (Wildman–Crippen LogP) is 0.134. The maximum Gasteiger partial charge on any atom is 0.308 e. The summed E-state index contributed by atoms with van der Waals surface area (Å²) in [4.78, 5) is 22.0. The molecular formula is C10H13NO6S. The molecule has 2 N–H and O–H groups in total. The molecule has 1 unspecified atom stereocenters. The van der Waals surface area contributed by atoms with E-state index in [2.05, 4.69) is 5.32 Å². The molecule has 0 aromatic carbocycles. The molecule has 1 aromatic heterocycles. The minimum atomic E-state index is -3.50. The predicted molar refractivity (Wildman–Crippen MR) is 61.0 cm³/mol. The monoisotopic (exact) mass is 275 g/mol. The van der Waals surface area contributed by atoms with E-state index >= 15 is 0 Å². The number of carbonyl (C=O) groups excluding carboxylic acids is 1. The van der Waals surface area contributed by atoms with E-state index in [1.54, 1.807) is 0 Å². The van der Waals surface area contributed by atoms with Crippen LogP contribution < -0.4 is 5.32 Å². The Morgan fingerprint density at radius 2 is 2.06 bits per heavy atom. The van der Waals surface area contributed by atoms with Crippen molar-refractivity contribution in [2.45, 2.75) is 12.0 Å². The van der Waals surface area contributed by atoms with E-state index in [1.807, 2.05) is 0 Å². The lowest BCUT2D eigenvalue weighted by Crippen LogP contribution is -2.31. The summed E-state index contributed by atoms with van der Waals surface area (Å²) in [5.41, 5.74) is 0. The van der Waals surface area contributed by atoms with Gasteiger partial charge in [0.25, 0.3) is 5.91 Å². The number of carboxylic acids is 1. The number of furan rings is 1. The van der Waals surface area contributed by atoms with Crippen LogP contribution in [0.5, 0.6) is 0 Å². The zero-order chi connectivity index (χ0) is 13.9. The number of hydrogen-bond donors (Lipinski definition) is 2. The standard InChI is InChI=1S/C10H13NO6S/c1-6(10(13)14)5-11-9(12)7-3-4-8(17-7)18(2,15)16/h3-4,6H,5H2,1-2H3,(H,11,12)(H,13,14). The highest BCUT2D eigenvalue weighted by atomic mass is 32.2. The lowest BCUT2D eigenvalue weighted by atomic mass is 10.2. The van der Waals surface area contributed by atoms with Crippen molar-refractivity contribution in [3.8, 4) is 0 Å². The molecule has 0 bridgehead atoms. The molecule has 1 rings (SSSR count). The molecule has 0 radical (unpaired) electrons. The van der Waals surface area contributed by atoms with Crippen LogP contribution >= 0.6 is 0 Å². The number of sulfone groups is 1. The summed E-state index contributed by atoms with van der Waals surface area (Å²) in [6.07, 6.45) is 0.958. The van der Waals surface area contributed by atoms with Crippen LogP contribution in [0.1, 0.15) is 17.5 Å². The smallest absolute Gasteiger partial charge is 0.308 e. The molecule has 0 aliphatic rings. The van der Waals surface area contributed by atoms with Gasteiger partial charge < -0.3 is 14.8 Å². The second kappa shape index (κ2) is 5.21. The summed E-state index contributed by atoms with van der Waals surface area (Å²) < 4.78 is 27.1. The van der Waals surface area contributed by atoms with Crippen molar-refractivity contribution < 1.29 is 27.5 Å². The van der Waals surface area contributed by atoms with Gasteiger partial charge in [0.1, 0.15) is 0 Å². The fourth-order valence-corrected chi connectivity index (χ4v) is 1.62. The molecule has 0 spiro atoms. The first-order chi connectivity index (χ1) is 8.21. The van der Waals surface area contributed by atoms with Gasteiger partial charge in [-0.1, -0.05) is 6.92 Å². The molecular weight excluding hydrogens is 262 g/mol. The summed E-state index contributed by atoms with van der Waals surface area (Å²) in [7, 11) is -3.50. The molecule has 0 saturated heterocycles. The van der Waals surface area contributed by atoms with Gasteiger partial charge in [0.2, 0.25) is 14.9 Å². The van der Waals surface area contributed by atoms with Crippen molar-refractivity contribution in [1.82, 2.24) is 5.32 Å². The van der Waals surface area contributed by atoms with E-state index in [-0.39, 0.29) is 17.4 Å². The molecule has 0 saturated carbocycles. The second-order valence-electron chi connectivity index (χ2n) is 3.84. The molecule has 1 amide bonds. The zero-order valence-electron chi connectivity index (χ0n) is 9.84. The molecule has 100 valence electrons. The Bertz CT molecular complexity index is 559. The van der Waals surface area contributed by atoms with E-state index in [4.69, 9.17) is 9.52 Å². The molecule has 0 aliphatic heterocycles. The molecule has 8 heteroatoms. The summed E-state index contributed by atoms with van der Waals surface area (Å²) in [6, 6.07) is 2.39. The Kier molecular flexibility index (Phi) is 4.12. The summed E-state index contributed by atoms with van der Waals surface area (Å²) in [6.45, 7) is 1.37. The van der Waals surface area contributed by atoms with Crippen molar-refractivity contribution in [2.75, 3.05) is 12.8 Å². The maximum absolute atomic E-state index is 11.5. The van der Waals surface area contributed by atoms with Crippen LogP contribution in [0.15, 0.2) is 21.6 Å². The third-order valence-corrected chi connectivity index (χ3v) is 3.11. The summed E-state index contributed by atoms with van der Waals surface area (Å²) >= 11 is 0. The van der Waals surface area contributed by atoms with Gasteiger partial charge in [0, 0.05) is 12.8 Å². The molecule has 1 heterocycles. The molecule has 18 heavy (non-hydrogen) atoms. The van der Waals surface area contributed by atoms with Crippen LogP contribution in [0.25, 0.3) is 0 Å². The van der Waals surface area contributed by atoms with Gasteiger partial charge in [-0.25, -0.2) is 8.42 Å². The van der Waals surface area contributed by atoms with Crippen molar-refractivity contribution in [1.29, 1.82) is 0 Å². The largest absolute Gasteiger partial charge is 0.481 e. The average Bonchev–Trinajstić information content (AvgIpc) is 2.73. The van der Waals surface area contributed by atoms with Gasteiger partial charge >= 0.3 is 5.97 Å². The number of hydrogen-bond acceptors (Lipinski definition) is 5. The number of carbonyl (C=O) groups is 2. The van der Waals surface area contributed by atoms with E-state index in [9.17, 15) is 18.0 Å². The topological polar surface area (TPSA) is 114 Å². The number of rotatable bonds is 5. The Labute approximate surface area is 104 Å².